The summed E-state index contributed by atoms with van der Waals surface area (Å²) < 4.78 is 6.06. The Bertz CT molecular complexity index is 1250. The number of carbonyl (C=O) groups is 1. The van der Waals surface area contributed by atoms with Gasteiger partial charge in [0.25, 0.3) is 0 Å². The van der Waals surface area contributed by atoms with E-state index in [1.807, 2.05) is 11.8 Å². The van der Waals surface area contributed by atoms with E-state index in [4.69, 9.17) is 4.74 Å². The van der Waals surface area contributed by atoms with Gasteiger partial charge in [-0.2, -0.15) is 0 Å². The number of allylic oxidation sites excluding steroid dienone is 2. The van der Waals surface area contributed by atoms with Crippen LogP contribution in [-0.2, 0) is 4.79 Å². The summed E-state index contributed by atoms with van der Waals surface area (Å²) in [6.45, 7) is 4.15. The smallest absolute Gasteiger partial charge is 0.157 e. The summed E-state index contributed by atoms with van der Waals surface area (Å²) in [5.74, 6) is 1.16. The minimum Gasteiger partial charge on any atom is -0.492 e. The zero-order valence-corrected chi connectivity index (χ0v) is 19.0. The van der Waals surface area contributed by atoms with Crippen molar-refractivity contribution in [3.8, 4) is 5.75 Å². The van der Waals surface area contributed by atoms with Crippen molar-refractivity contribution in [2.24, 2.45) is 0 Å². The maximum Gasteiger partial charge on any atom is 0.157 e. The van der Waals surface area contributed by atoms with Crippen molar-refractivity contribution < 1.29 is 9.53 Å². The van der Waals surface area contributed by atoms with Gasteiger partial charge in [-0.15, -0.1) is 11.8 Å². The van der Waals surface area contributed by atoms with E-state index in [0.717, 1.165) is 18.9 Å². The molecule has 3 nitrogen and oxygen atoms in total. The molecule has 162 valence electrons. The van der Waals surface area contributed by atoms with Gasteiger partial charge in [0.2, 0.25) is 0 Å². The topological polar surface area (TPSA) is 29.5 Å². The van der Waals surface area contributed by atoms with Gasteiger partial charge in [0.15, 0.2) is 5.78 Å². The van der Waals surface area contributed by atoms with Crippen LogP contribution in [-0.4, -0.2) is 42.2 Å². The molecular formula is C28H27NO2S. The van der Waals surface area contributed by atoms with E-state index >= 15 is 0 Å². The third kappa shape index (κ3) is 3.56. The van der Waals surface area contributed by atoms with Gasteiger partial charge >= 0.3 is 0 Å². The predicted octanol–water partition coefficient (Wildman–Crippen LogP) is 3.81. The van der Waals surface area contributed by atoms with Gasteiger partial charge in [-0.1, -0.05) is 48.9 Å². The first-order valence-corrected chi connectivity index (χ1v) is 12.6. The Kier molecular flexibility index (Phi) is 5.28. The molecule has 0 bridgehead atoms. The second-order valence-electron chi connectivity index (χ2n) is 8.97. The van der Waals surface area contributed by atoms with Crippen LogP contribution in [0.25, 0.3) is 10.5 Å². The number of ether oxygens (including phenoxy) is 1. The highest BCUT2D eigenvalue weighted by atomic mass is 32.2. The number of ketones is 1. The third-order valence-electron chi connectivity index (χ3n) is 6.92. The van der Waals surface area contributed by atoms with E-state index in [2.05, 4.69) is 59.5 Å². The molecule has 4 aliphatic rings. The zero-order valence-electron chi connectivity index (χ0n) is 18.2. The van der Waals surface area contributed by atoms with E-state index in [0.29, 0.717) is 6.42 Å². The van der Waals surface area contributed by atoms with Crippen LogP contribution < -0.4 is 15.2 Å². The Labute approximate surface area is 193 Å². The molecule has 6 rings (SSSR count). The first kappa shape index (κ1) is 20.1. The van der Waals surface area contributed by atoms with E-state index < -0.39 is 0 Å². The van der Waals surface area contributed by atoms with Crippen molar-refractivity contribution in [1.82, 2.24) is 4.90 Å². The molecule has 0 amide bonds. The number of benzene rings is 2. The van der Waals surface area contributed by atoms with Gasteiger partial charge in [0, 0.05) is 28.7 Å². The van der Waals surface area contributed by atoms with Gasteiger partial charge < -0.3 is 4.74 Å². The fraction of sp³-hybridized carbons (Fsp3) is 0.321. The lowest BCUT2D eigenvalue weighted by Gasteiger charge is -2.26. The van der Waals surface area contributed by atoms with Crippen LogP contribution in [0.15, 0.2) is 71.8 Å². The lowest BCUT2D eigenvalue weighted by Crippen LogP contribution is -2.33. The number of thioether (sulfide) groups is 1. The summed E-state index contributed by atoms with van der Waals surface area (Å²) >= 11 is 1.86. The highest BCUT2D eigenvalue weighted by Gasteiger charge is 2.37. The molecule has 0 radical (unpaired) electrons. The fourth-order valence-corrected chi connectivity index (χ4v) is 6.81. The van der Waals surface area contributed by atoms with Crippen LogP contribution >= 0.6 is 11.8 Å². The Morgan fingerprint density at radius 3 is 2.50 bits per heavy atom. The number of fused-ring (bicyclic) bond motifs is 3. The Balaban J connectivity index is 1.29. The lowest BCUT2D eigenvalue weighted by molar-refractivity contribution is -0.114. The standard InChI is InChI=1S/C28H27NO2S/c30-20-10-13-24-25(18-20)32-28-23-7-3-2-6-22(23)26(27(24)28)19-8-11-21(12-9-19)31-17-16-29-14-4-1-5-15-29/h2-3,6-13,25H,1,4-5,14-18H2. The number of likely N-dealkylation sites (tertiary alicyclic amines) is 1. The quantitative estimate of drug-likeness (QED) is 0.706. The summed E-state index contributed by atoms with van der Waals surface area (Å²) in [5, 5.41) is 2.84. The minimum atomic E-state index is 0.230. The second kappa shape index (κ2) is 8.42. The molecule has 1 saturated heterocycles. The van der Waals surface area contributed by atoms with Crippen molar-refractivity contribution in [2.45, 2.75) is 30.9 Å². The molecule has 0 aromatic heterocycles. The third-order valence-corrected chi connectivity index (χ3v) is 8.28. The number of piperidine rings is 1. The zero-order chi connectivity index (χ0) is 21.5. The van der Waals surface area contributed by atoms with Gasteiger partial charge in [-0.25, -0.2) is 0 Å². The summed E-state index contributed by atoms with van der Waals surface area (Å²) in [4.78, 5) is 15.8. The van der Waals surface area contributed by atoms with Crippen LogP contribution in [0.4, 0.5) is 0 Å². The molecular weight excluding hydrogens is 414 g/mol. The monoisotopic (exact) mass is 441 g/mol. The highest BCUT2D eigenvalue weighted by Crippen LogP contribution is 2.51. The summed E-state index contributed by atoms with van der Waals surface area (Å²) in [6, 6.07) is 17.2. The molecule has 4 heteroatoms. The van der Waals surface area contributed by atoms with Gasteiger partial charge in [0.05, 0.1) is 0 Å². The molecule has 32 heavy (non-hydrogen) atoms. The van der Waals surface area contributed by atoms with E-state index in [1.165, 1.54) is 70.0 Å². The lowest BCUT2D eigenvalue weighted by atomic mass is 9.90. The molecule has 2 aliphatic carbocycles. The van der Waals surface area contributed by atoms with Crippen molar-refractivity contribution in [3.05, 3.63) is 87.8 Å². The normalized spacial score (nSPS) is 22.2. The number of rotatable bonds is 5. The van der Waals surface area contributed by atoms with E-state index in [1.54, 1.807) is 6.08 Å². The van der Waals surface area contributed by atoms with Crippen LogP contribution in [0.3, 0.4) is 0 Å². The molecule has 1 fully saturated rings. The first-order valence-electron chi connectivity index (χ1n) is 11.7. The predicted molar refractivity (Wildman–Crippen MR) is 131 cm³/mol. The second-order valence-corrected chi connectivity index (χ2v) is 10.2. The molecule has 1 atom stereocenters. The van der Waals surface area contributed by atoms with E-state index in [9.17, 15) is 4.79 Å². The van der Waals surface area contributed by atoms with Crippen molar-refractivity contribution in [2.75, 3.05) is 26.2 Å². The van der Waals surface area contributed by atoms with Crippen molar-refractivity contribution >= 4 is 28.0 Å². The fourth-order valence-electron chi connectivity index (χ4n) is 5.32. The highest BCUT2D eigenvalue weighted by molar-refractivity contribution is 8.09. The van der Waals surface area contributed by atoms with Crippen molar-refractivity contribution in [3.63, 3.8) is 0 Å². The molecule has 2 aromatic carbocycles. The van der Waals surface area contributed by atoms with Gasteiger partial charge in [-0.3, -0.25) is 9.69 Å². The molecule has 0 spiro atoms. The largest absolute Gasteiger partial charge is 0.492 e. The van der Waals surface area contributed by atoms with Crippen LogP contribution in [0.2, 0.25) is 0 Å². The summed E-state index contributed by atoms with van der Waals surface area (Å²) in [6.07, 6.45) is 8.40. The average molecular weight is 442 g/mol. The summed E-state index contributed by atoms with van der Waals surface area (Å²) in [5.41, 5.74) is 5.13. The molecule has 1 unspecified atom stereocenters. The maximum absolute atomic E-state index is 12.0. The average Bonchev–Trinajstić information content (AvgIpc) is 3.34. The number of nitrogens with zero attached hydrogens (tertiary/aromatic N) is 1. The minimum absolute atomic E-state index is 0.230. The maximum atomic E-state index is 12.0. The number of carbonyl (C=O) groups excluding carboxylic acids is 1. The van der Waals surface area contributed by atoms with Crippen LogP contribution in [0.5, 0.6) is 5.75 Å². The molecule has 2 heterocycles. The molecule has 0 N–H and O–H groups in total. The Morgan fingerprint density at radius 2 is 1.69 bits per heavy atom. The molecule has 2 aliphatic heterocycles. The van der Waals surface area contributed by atoms with Crippen LogP contribution in [0, 0.1) is 0 Å². The molecule has 2 aromatic rings. The molecule has 0 saturated carbocycles. The van der Waals surface area contributed by atoms with Crippen LogP contribution in [0.1, 0.15) is 31.2 Å². The van der Waals surface area contributed by atoms with E-state index in [-0.39, 0.29) is 11.0 Å². The SMILES string of the molecule is O=C1C=CC2=C3C(=c4ccccc4=C3c3ccc(OCCN4CCCCC4)cc3)SC2C1. The Morgan fingerprint density at radius 1 is 0.906 bits per heavy atom. The van der Waals surface area contributed by atoms with Crippen molar-refractivity contribution in [1.29, 1.82) is 0 Å². The van der Waals surface area contributed by atoms with Gasteiger partial charge in [0.1, 0.15) is 12.4 Å². The Hall–Kier alpha value is -2.56. The first-order chi connectivity index (χ1) is 15.8. The summed E-state index contributed by atoms with van der Waals surface area (Å²) in [7, 11) is 0. The number of hydrogen-bond donors (Lipinski definition) is 0. The number of hydrogen-bond acceptors (Lipinski definition) is 4. The van der Waals surface area contributed by atoms with Gasteiger partial charge in [-0.05, 0) is 71.3 Å².